The van der Waals surface area contributed by atoms with Gasteiger partial charge in [-0.05, 0) is 12.8 Å². The van der Waals surface area contributed by atoms with Crippen molar-refractivity contribution in [2.45, 2.75) is 23.7 Å². The molecule has 2 N–H and O–H groups in total. The van der Waals surface area contributed by atoms with Gasteiger partial charge in [-0.2, -0.15) is 4.99 Å². The number of carbonyl (C=O) groups is 1. The predicted octanol–water partition coefficient (Wildman–Crippen LogP) is 0.705. The van der Waals surface area contributed by atoms with Gasteiger partial charge < -0.3 is 10.6 Å². The van der Waals surface area contributed by atoms with E-state index in [1.807, 2.05) is 0 Å². The number of alkyl halides is 1. The van der Waals surface area contributed by atoms with E-state index < -0.39 is 0 Å². The summed E-state index contributed by atoms with van der Waals surface area (Å²) in [6.45, 7) is 0.666. The Hall–Kier alpha value is -0.580. The fourth-order valence-corrected chi connectivity index (χ4v) is 1.69. The van der Waals surface area contributed by atoms with Crippen molar-refractivity contribution >= 4 is 27.8 Å². The average Bonchev–Trinajstić information content (AvgIpc) is 2.79. The highest BCUT2D eigenvalue weighted by Gasteiger charge is 2.36. The summed E-state index contributed by atoms with van der Waals surface area (Å²) >= 11 is 3.37. The molecular weight excluding hydrogens is 222 g/mol. The van der Waals surface area contributed by atoms with Gasteiger partial charge in [-0.25, -0.2) is 4.79 Å². The quantitative estimate of drug-likeness (QED) is 0.676. The van der Waals surface area contributed by atoms with Gasteiger partial charge >= 0.3 is 6.03 Å². The van der Waals surface area contributed by atoms with Gasteiger partial charge in [-0.15, -0.1) is 0 Å². The Kier molecular flexibility index (Phi) is 1.83. The number of aliphatic imine (C=N–C) groups is 1. The van der Waals surface area contributed by atoms with Crippen LogP contribution in [0.5, 0.6) is 0 Å². The summed E-state index contributed by atoms with van der Waals surface area (Å²) in [5.41, 5.74) is 5.51. The topological polar surface area (TPSA) is 58.7 Å². The molecule has 1 unspecified atom stereocenters. The van der Waals surface area contributed by atoms with Crippen molar-refractivity contribution in [3.8, 4) is 0 Å². The normalized spacial score (nSPS) is 30.4. The van der Waals surface area contributed by atoms with E-state index in [0.29, 0.717) is 18.4 Å². The number of hydrogen-bond acceptors (Lipinski definition) is 2. The summed E-state index contributed by atoms with van der Waals surface area (Å²) in [5.74, 6) is 0.400. The van der Waals surface area contributed by atoms with Crippen LogP contribution in [-0.4, -0.2) is 34.2 Å². The molecule has 0 spiro atoms. The van der Waals surface area contributed by atoms with Crippen LogP contribution in [0, 0.1) is 0 Å². The summed E-state index contributed by atoms with van der Waals surface area (Å²) in [6.07, 6.45) is 2.22. The number of carbonyl (C=O) groups excluding carboxylic acids is 1. The second kappa shape index (κ2) is 2.73. The van der Waals surface area contributed by atoms with Crippen LogP contribution in [0.2, 0.25) is 0 Å². The Bertz CT molecular complexity index is 249. The number of rotatable bonds is 1. The molecule has 0 radical (unpaired) electrons. The Morgan fingerprint density at radius 2 is 2.25 bits per heavy atom. The molecule has 66 valence electrons. The molecule has 1 heterocycles. The fraction of sp³-hybridized carbons (Fsp3) is 0.714. The summed E-state index contributed by atoms with van der Waals surface area (Å²) < 4.78 is 0. The van der Waals surface area contributed by atoms with E-state index in [2.05, 4.69) is 20.9 Å². The monoisotopic (exact) mass is 231 g/mol. The van der Waals surface area contributed by atoms with Crippen molar-refractivity contribution < 1.29 is 4.79 Å². The highest BCUT2D eigenvalue weighted by molar-refractivity contribution is 9.10. The Labute approximate surface area is 78.9 Å². The lowest BCUT2D eigenvalue weighted by Gasteiger charge is -2.26. The molecule has 1 aliphatic heterocycles. The molecule has 2 aliphatic rings. The largest absolute Gasteiger partial charge is 0.386 e. The van der Waals surface area contributed by atoms with E-state index in [9.17, 15) is 4.79 Å². The van der Waals surface area contributed by atoms with E-state index >= 15 is 0 Å². The van der Waals surface area contributed by atoms with Crippen LogP contribution in [0.15, 0.2) is 4.99 Å². The van der Waals surface area contributed by atoms with E-state index in [1.54, 1.807) is 4.90 Å². The van der Waals surface area contributed by atoms with Crippen LogP contribution >= 0.6 is 15.9 Å². The zero-order chi connectivity index (χ0) is 8.72. The number of amides is 2. The van der Waals surface area contributed by atoms with E-state index in [4.69, 9.17) is 5.73 Å². The van der Waals surface area contributed by atoms with Crippen molar-refractivity contribution in [2.24, 2.45) is 10.7 Å². The maximum absolute atomic E-state index is 11.3. The van der Waals surface area contributed by atoms with Crippen LogP contribution in [0.3, 0.4) is 0 Å². The van der Waals surface area contributed by atoms with E-state index in [1.165, 1.54) is 0 Å². The first-order valence-corrected chi connectivity index (χ1v) is 4.89. The first-order valence-electron chi connectivity index (χ1n) is 3.97. The van der Waals surface area contributed by atoms with Crippen LogP contribution in [-0.2, 0) is 0 Å². The molecule has 1 aliphatic carbocycles. The molecule has 5 heteroatoms. The van der Waals surface area contributed by atoms with Crippen molar-refractivity contribution in [1.29, 1.82) is 0 Å². The maximum Gasteiger partial charge on any atom is 0.345 e. The third kappa shape index (κ3) is 1.33. The molecule has 0 aromatic carbocycles. The molecule has 2 amide bonds. The number of halogens is 1. The van der Waals surface area contributed by atoms with Crippen LogP contribution in [0.1, 0.15) is 12.8 Å². The van der Waals surface area contributed by atoms with E-state index in [0.717, 1.165) is 12.8 Å². The number of nitrogens with two attached hydrogens (primary N) is 1. The second-order valence-electron chi connectivity index (χ2n) is 3.17. The predicted molar refractivity (Wildman–Crippen MR) is 49.5 cm³/mol. The minimum atomic E-state index is -0.175. The van der Waals surface area contributed by atoms with Gasteiger partial charge in [-0.1, -0.05) is 15.9 Å². The molecular formula is C7H10BrN3O. The zero-order valence-corrected chi connectivity index (χ0v) is 8.12. The smallest absolute Gasteiger partial charge is 0.345 e. The van der Waals surface area contributed by atoms with Crippen LogP contribution in [0.4, 0.5) is 4.79 Å². The SMILES string of the molecule is NC1=NC(=O)N(C2CC2)CC1Br. The lowest BCUT2D eigenvalue weighted by atomic mass is 10.3. The van der Waals surface area contributed by atoms with Gasteiger partial charge in [-0.3, -0.25) is 0 Å². The van der Waals surface area contributed by atoms with Crippen LogP contribution in [0.25, 0.3) is 0 Å². The summed E-state index contributed by atoms with van der Waals surface area (Å²) in [5, 5.41) is 0. The summed E-state index contributed by atoms with van der Waals surface area (Å²) in [7, 11) is 0. The lowest BCUT2D eigenvalue weighted by Crippen LogP contribution is -2.46. The first-order chi connectivity index (χ1) is 5.68. The Morgan fingerprint density at radius 3 is 2.83 bits per heavy atom. The molecule has 4 nitrogen and oxygen atoms in total. The highest BCUT2D eigenvalue weighted by atomic mass is 79.9. The zero-order valence-electron chi connectivity index (χ0n) is 6.53. The van der Waals surface area contributed by atoms with Gasteiger partial charge in [0.05, 0.1) is 4.83 Å². The molecule has 0 aromatic heterocycles. The molecule has 2 rings (SSSR count). The lowest BCUT2D eigenvalue weighted by molar-refractivity contribution is 0.204. The molecule has 0 aromatic rings. The number of urea groups is 1. The third-order valence-corrected chi connectivity index (χ3v) is 2.89. The number of nitrogens with zero attached hydrogens (tertiary/aromatic N) is 2. The van der Waals surface area contributed by atoms with E-state index in [-0.39, 0.29) is 10.9 Å². The van der Waals surface area contributed by atoms with Gasteiger partial charge in [0.25, 0.3) is 0 Å². The van der Waals surface area contributed by atoms with Crippen molar-refractivity contribution in [3.63, 3.8) is 0 Å². The fourth-order valence-electron chi connectivity index (χ4n) is 1.28. The van der Waals surface area contributed by atoms with Crippen molar-refractivity contribution in [2.75, 3.05) is 6.54 Å². The second-order valence-corrected chi connectivity index (χ2v) is 4.28. The Morgan fingerprint density at radius 1 is 1.58 bits per heavy atom. The number of amidine groups is 1. The third-order valence-electron chi connectivity index (χ3n) is 2.14. The van der Waals surface area contributed by atoms with Gasteiger partial charge in [0, 0.05) is 12.6 Å². The molecule has 1 atom stereocenters. The summed E-state index contributed by atoms with van der Waals surface area (Å²) in [6, 6.07) is 0.250. The molecule has 0 saturated heterocycles. The van der Waals surface area contributed by atoms with Gasteiger partial charge in [0.15, 0.2) is 0 Å². The molecule has 1 saturated carbocycles. The van der Waals surface area contributed by atoms with Crippen molar-refractivity contribution in [3.05, 3.63) is 0 Å². The van der Waals surface area contributed by atoms with Gasteiger partial charge in [0.2, 0.25) is 0 Å². The van der Waals surface area contributed by atoms with Crippen molar-refractivity contribution in [1.82, 2.24) is 4.90 Å². The Balaban J connectivity index is 2.14. The van der Waals surface area contributed by atoms with Crippen LogP contribution < -0.4 is 5.73 Å². The average molecular weight is 232 g/mol. The summed E-state index contributed by atoms with van der Waals surface area (Å²) in [4.78, 5) is 16.8. The number of hydrogen-bond donors (Lipinski definition) is 1. The molecule has 0 bridgehead atoms. The first kappa shape index (κ1) is 8.04. The highest BCUT2D eigenvalue weighted by Crippen LogP contribution is 2.29. The van der Waals surface area contributed by atoms with Gasteiger partial charge in [0.1, 0.15) is 5.84 Å². The molecule has 12 heavy (non-hydrogen) atoms. The molecule has 1 fully saturated rings. The maximum atomic E-state index is 11.3. The minimum Gasteiger partial charge on any atom is -0.386 e. The standard InChI is InChI=1S/C7H10BrN3O/c8-5-3-11(4-1-2-4)7(12)10-6(5)9/h4-5H,1-3H2,(H2,9,10,12). The minimum absolute atomic E-state index is 0.0378.